The summed E-state index contributed by atoms with van der Waals surface area (Å²) in [5, 5.41) is 2.78. The van der Waals surface area contributed by atoms with Crippen LogP contribution in [0.4, 0.5) is 5.69 Å². The molecule has 2 rings (SSSR count). The van der Waals surface area contributed by atoms with Crippen LogP contribution in [0.3, 0.4) is 0 Å². The lowest BCUT2D eigenvalue weighted by Gasteiger charge is -2.12. The maximum absolute atomic E-state index is 12.2. The number of aryl methyl sites for hydroxylation is 1. The fourth-order valence-electron chi connectivity index (χ4n) is 1.64. The second-order valence-electron chi connectivity index (χ2n) is 4.39. The molecule has 0 aliphatic heterocycles. The second kappa shape index (κ2) is 6.81. The number of hydrogen-bond acceptors (Lipinski definition) is 4. The highest BCUT2D eigenvalue weighted by Crippen LogP contribution is 2.24. The maximum Gasteiger partial charge on any atom is 0.257 e. The Balaban J connectivity index is 2.13. The average molecular weight is 301 g/mol. The van der Waals surface area contributed by atoms with E-state index in [0.29, 0.717) is 17.0 Å². The monoisotopic (exact) mass is 301 g/mol. The number of aromatic nitrogens is 1. The Labute approximate surface area is 128 Å². The number of anilines is 1. The van der Waals surface area contributed by atoms with Gasteiger partial charge in [0.05, 0.1) is 11.3 Å². The van der Waals surface area contributed by atoms with Crippen LogP contribution in [-0.2, 0) is 0 Å². The number of pyridine rings is 1. The van der Waals surface area contributed by atoms with Gasteiger partial charge >= 0.3 is 0 Å². The molecule has 0 spiro atoms. The first-order valence-corrected chi connectivity index (χ1v) is 6.71. The predicted octanol–water partition coefficient (Wildman–Crippen LogP) is 2.31. The summed E-state index contributed by atoms with van der Waals surface area (Å²) >= 11 is 4.77. The molecule has 1 aromatic carbocycles. The molecule has 0 fully saturated rings. The van der Waals surface area contributed by atoms with E-state index in [9.17, 15) is 4.79 Å². The van der Waals surface area contributed by atoms with Crippen LogP contribution in [-0.4, -0.2) is 22.5 Å². The first kappa shape index (κ1) is 14.9. The number of rotatable bonds is 5. The smallest absolute Gasteiger partial charge is 0.257 e. The maximum atomic E-state index is 12.2. The van der Waals surface area contributed by atoms with Crippen LogP contribution in [0, 0.1) is 6.92 Å². The van der Waals surface area contributed by atoms with Crippen molar-refractivity contribution < 1.29 is 9.53 Å². The first-order chi connectivity index (χ1) is 10.1. The molecule has 2 aromatic rings. The van der Waals surface area contributed by atoms with Gasteiger partial charge in [-0.15, -0.1) is 0 Å². The normalized spacial score (nSPS) is 9.95. The molecule has 0 atom stereocenters. The molecule has 1 aromatic heterocycles. The third-order valence-electron chi connectivity index (χ3n) is 2.68. The number of ether oxygens (including phenoxy) is 1. The summed E-state index contributed by atoms with van der Waals surface area (Å²) in [5.41, 5.74) is 7.29. The molecule has 0 radical (unpaired) electrons. The average Bonchev–Trinajstić information content (AvgIpc) is 2.47. The third kappa shape index (κ3) is 4.25. The van der Waals surface area contributed by atoms with Gasteiger partial charge in [-0.2, -0.15) is 0 Å². The molecule has 0 saturated heterocycles. The highest BCUT2D eigenvalue weighted by Gasteiger charge is 2.10. The fraction of sp³-hybridized carbons (Fsp3) is 0.133. The molecule has 1 amide bonds. The van der Waals surface area contributed by atoms with Crippen molar-refractivity contribution in [3.05, 3.63) is 53.9 Å². The van der Waals surface area contributed by atoms with Crippen LogP contribution < -0.4 is 15.8 Å². The van der Waals surface area contributed by atoms with E-state index in [0.717, 1.165) is 5.69 Å². The summed E-state index contributed by atoms with van der Waals surface area (Å²) in [5.74, 6) is 0.257. The zero-order valence-electron chi connectivity index (χ0n) is 11.5. The Morgan fingerprint density at radius 1 is 1.33 bits per heavy atom. The van der Waals surface area contributed by atoms with Crippen LogP contribution in [0.2, 0.25) is 0 Å². The van der Waals surface area contributed by atoms with Crippen LogP contribution in [0.1, 0.15) is 16.1 Å². The Kier molecular flexibility index (Phi) is 4.84. The van der Waals surface area contributed by atoms with Gasteiger partial charge in [0.25, 0.3) is 5.91 Å². The van der Waals surface area contributed by atoms with E-state index in [2.05, 4.69) is 10.3 Å². The number of nitrogens with one attached hydrogen (secondary N) is 1. The number of amides is 1. The second-order valence-corrected chi connectivity index (χ2v) is 4.92. The minimum absolute atomic E-state index is 0.119. The van der Waals surface area contributed by atoms with Crippen LogP contribution >= 0.6 is 12.2 Å². The quantitative estimate of drug-likeness (QED) is 0.829. The topological polar surface area (TPSA) is 77.2 Å². The lowest BCUT2D eigenvalue weighted by atomic mass is 10.2. The van der Waals surface area contributed by atoms with Crippen molar-refractivity contribution in [1.29, 1.82) is 0 Å². The number of nitrogens with two attached hydrogens (primary N) is 1. The Bertz CT molecular complexity index is 656. The number of para-hydroxylation sites is 2. The Hall–Kier alpha value is -2.47. The minimum Gasteiger partial charge on any atom is -0.484 e. The van der Waals surface area contributed by atoms with E-state index >= 15 is 0 Å². The molecule has 108 valence electrons. The fourth-order valence-corrected chi connectivity index (χ4v) is 1.70. The van der Waals surface area contributed by atoms with Gasteiger partial charge in [0.15, 0.2) is 0 Å². The molecule has 0 saturated carbocycles. The molecular formula is C15H15N3O2S. The number of nitrogens with zero attached hydrogens (tertiary/aromatic N) is 1. The van der Waals surface area contributed by atoms with Gasteiger partial charge < -0.3 is 15.8 Å². The van der Waals surface area contributed by atoms with Crippen molar-refractivity contribution in [2.75, 3.05) is 11.9 Å². The van der Waals surface area contributed by atoms with E-state index in [1.54, 1.807) is 36.4 Å². The zero-order chi connectivity index (χ0) is 15.2. The lowest BCUT2D eigenvalue weighted by Crippen LogP contribution is -2.19. The van der Waals surface area contributed by atoms with E-state index in [1.807, 2.05) is 6.92 Å². The van der Waals surface area contributed by atoms with Crippen molar-refractivity contribution in [1.82, 2.24) is 4.98 Å². The molecule has 0 unspecified atom stereocenters. The number of carbonyl (C=O) groups is 1. The lowest BCUT2D eigenvalue weighted by molar-refractivity contribution is 0.102. The van der Waals surface area contributed by atoms with Crippen LogP contribution in [0.25, 0.3) is 0 Å². The molecule has 21 heavy (non-hydrogen) atoms. The number of carbonyl (C=O) groups excluding carboxylic acids is 1. The molecule has 0 bridgehead atoms. The van der Waals surface area contributed by atoms with Crippen molar-refractivity contribution in [3.8, 4) is 5.75 Å². The summed E-state index contributed by atoms with van der Waals surface area (Å²) in [6.45, 7) is 1.98. The van der Waals surface area contributed by atoms with E-state index in [-0.39, 0.29) is 17.5 Å². The Morgan fingerprint density at radius 3 is 2.76 bits per heavy atom. The van der Waals surface area contributed by atoms with Gasteiger partial charge in [0, 0.05) is 11.9 Å². The number of thiocarbonyl (C=S) groups is 1. The van der Waals surface area contributed by atoms with Gasteiger partial charge in [0.1, 0.15) is 17.3 Å². The van der Waals surface area contributed by atoms with E-state index in [1.165, 1.54) is 6.20 Å². The SMILES string of the molecule is Cc1ccc(C(=O)Nc2ccccc2OCC(N)=S)cn1. The van der Waals surface area contributed by atoms with Crippen molar-refractivity contribution in [2.45, 2.75) is 6.92 Å². The highest BCUT2D eigenvalue weighted by atomic mass is 32.1. The summed E-state index contributed by atoms with van der Waals surface area (Å²) in [4.78, 5) is 16.5. The van der Waals surface area contributed by atoms with Crippen molar-refractivity contribution in [2.24, 2.45) is 5.73 Å². The molecule has 3 N–H and O–H groups in total. The molecule has 0 aliphatic carbocycles. The highest BCUT2D eigenvalue weighted by molar-refractivity contribution is 7.80. The zero-order valence-corrected chi connectivity index (χ0v) is 12.3. The summed E-state index contributed by atoms with van der Waals surface area (Å²) in [6.07, 6.45) is 1.53. The van der Waals surface area contributed by atoms with Crippen molar-refractivity contribution in [3.63, 3.8) is 0 Å². The molecule has 5 nitrogen and oxygen atoms in total. The largest absolute Gasteiger partial charge is 0.484 e. The van der Waals surface area contributed by atoms with E-state index in [4.69, 9.17) is 22.7 Å². The summed E-state index contributed by atoms with van der Waals surface area (Å²) in [6, 6.07) is 10.6. The molecule has 1 heterocycles. The van der Waals surface area contributed by atoms with Crippen LogP contribution in [0.5, 0.6) is 5.75 Å². The summed E-state index contributed by atoms with van der Waals surface area (Å²) in [7, 11) is 0. The van der Waals surface area contributed by atoms with Crippen LogP contribution in [0.15, 0.2) is 42.6 Å². The van der Waals surface area contributed by atoms with Gasteiger partial charge in [0.2, 0.25) is 0 Å². The van der Waals surface area contributed by atoms with E-state index < -0.39 is 0 Å². The third-order valence-corrected chi connectivity index (χ3v) is 2.80. The van der Waals surface area contributed by atoms with Gasteiger partial charge in [-0.05, 0) is 31.2 Å². The summed E-state index contributed by atoms with van der Waals surface area (Å²) < 4.78 is 5.46. The first-order valence-electron chi connectivity index (χ1n) is 6.30. The molecular weight excluding hydrogens is 286 g/mol. The standard InChI is InChI=1S/C15H15N3O2S/c1-10-6-7-11(8-17-10)15(19)18-12-4-2-3-5-13(12)20-9-14(16)21/h2-8H,9H2,1H3,(H2,16,21)(H,18,19). The van der Waals surface area contributed by atoms with Gasteiger partial charge in [-0.1, -0.05) is 24.4 Å². The van der Waals surface area contributed by atoms with Gasteiger partial charge in [-0.3, -0.25) is 9.78 Å². The number of benzene rings is 1. The predicted molar refractivity (Wildman–Crippen MR) is 85.6 cm³/mol. The molecule has 6 heteroatoms. The Morgan fingerprint density at radius 2 is 2.10 bits per heavy atom. The number of hydrogen-bond donors (Lipinski definition) is 2. The minimum atomic E-state index is -0.256. The van der Waals surface area contributed by atoms with Gasteiger partial charge in [-0.25, -0.2) is 0 Å². The molecule has 0 aliphatic rings. The van der Waals surface area contributed by atoms with Crippen molar-refractivity contribution >= 4 is 28.8 Å².